The molecular weight excluding hydrogens is 90.1 g/mol. The van der Waals surface area contributed by atoms with Crippen LogP contribution in [0.1, 0.15) is 19.8 Å². The van der Waals surface area contributed by atoms with Crippen molar-refractivity contribution in [2.24, 2.45) is 5.73 Å². The zero-order valence-corrected chi connectivity index (χ0v) is 4.68. The van der Waals surface area contributed by atoms with Gasteiger partial charge >= 0.3 is 0 Å². The van der Waals surface area contributed by atoms with Gasteiger partial charge in [-0.05, 0) is 19.4 Å². The topological polar surface area (TPSA) is 45.9 Å². The van der Waals surface area contributed by atoms with Crippen LogP contribution < -0.4 is 5.73 Å². The van der Waals surface area contributed by atoms with Gasteiger partial charge in [-0.3, -0.25) is 0 Å². The molecule has 2 N–H and O–H groups in total. The second kappa shape index (κ2) is 4.09. The number of rotatable bonds is 3. The minimum Gasteiger partial charge on any atom is -0.330 e. The Balaban J connectivity index is 2.83. The SMILES string of the molecule is CCC([O])CCN. The van der Waals surface area contributed by atoms with Gasteiger partial charge in [-0.25, -0.2) is 5.11 Å². The van der Waals surface area contributed by atoms with Gasteiger partial charge in [0.25, 0.3) is 0 Å². The molecule has 0 saturated carbocycles. The summed E-state index contributed by atoms with van der Waals surface area (Å²) in [6, 6.07) is 0. The quantitative estimate of drug-likeness (QED) is 0.555. The Labute approximate surface area is 44.3 Å². The predicted octanol–water partition coefficient (Wildman–Crippen LogP) is 0.544. The first-order chi connectivity index (χ1) is 3.31. The minimum atomic E-state index is -0.426. The van der Waals surface area contributed by atoms with E-state index >= 15 is 0 Å². The number of nitrogens with two attached hydrogens (primary N) is 1. The first-order valence-electron chi connectivity index (χ1n) is 2.67. The molecule has 0 heterocycles. The van der Waals surface area contributed by atoms with Crippen molar-refractivity contribution in [1.82, 2.24) is 0 Å². The highest BCUT2D eigenvalue weighted by Crippen LogP contribution is 1.93. The first-order valence-corrected chi connectivity index (χ1v) is 2.67. The molecule has 0 fully saturated rings. The normalized spacial score (nSPS) is 14.1. The van der Waals surface area contributed by atoms with Gasteiger partial charge in [0.2, 0.25) is 0 Å². The Morgan fingerprint density at radius 2 is 2.29 bits per heavy atom. The summed E-state index contributed by atoms with van der Waals surface area (Å²) >= 11 is 0. The third kappa shape index (κ3) is 3.76. The van der Waals surface area contributed by atoms with Gasteiger partial charge in [0, 0.05) is 0 Å². The van der Waals surface area contributed by atoms with Crippen molar-refractivity contribution in [2.45, 2.75) is 25.9 Å². The summed E-state index contributed by atoms with van der Waals surface area (Å²) in [4.78, 5) is 0. The maximum atomic E-state index is 10.4. The molecule has 0 aromatic heterocycles. The fourth-order valence-electron chi connectivity index (χ4n) is 0.390. The molecule has 2 nitrogen and oxygen atoms in total. The highest BCUT2D eigenvalue weighted by atomic mass is 16.3. The zero-order chi connectivity index (χ0) is 5.70. The van der Waals surface area contributed by atoms with E-state index in [0.717, 1.165) is 0 Å². The summed E-state index contributed by atoms with van der Waals surface area (Å²) in [5.74, 6) is 0. The van der Waals surface area contributed by atoms with Crippen LogP contribution >= 0.6 is 0 Å². The van der Waals surface area contributed by atoms with Crippen molar-refractivity contribution in [2.75, 3.05) is 6.54 Å². The van der Waals surface area contributed by atoms with Crippen LogP contribution in [0.3, 0.4) is 0 Å². The van der Waals surface area contributed by atoms with Crippen LogP contribution in [-0.2, 0) is 5.11 Å². The van der Waals surface area contributed by atoms with Crippen LogP contribution in [0.4, 0.5) is 0 Å². The second-order valence-electron chi connectivity index (χ2n) is 1.61. The minimum absolute atomic E-state index is 0.426. The van der Waals surface area contributed by atoms with Crippen molar-refractivity contribution in [1.29, 1.82) is 0 Å². The standard InChI is InChI=1S/C5H12NO/c1-2-5(7)3-4-6/h5H,2-4,6H2,1H3. The van der Waals surface area contributed by atoms with E-state index in [4.69, 9.17) is 5.73 Å². The van der Waals surface area contributed by atoms with Crippen LogP contribution in [0.5, 0.6) is 0 Å². The summed E-state index contributed by atoms with van der Waals surface area (Å²) in [6.07, 6.45) is 0.901. The van der Waals surface area contributed by atoms with Crippen molar-refractivity contribution in [3.63, 3.8) is 0 Å². The van der Waals surface area contributed by atoms with Crippen molar-refractivity contribution in [3.8, 4) is 0 Å². The molecule has 43 valence electrons. The Morgan fingerprint density at radius 1 is 1.71 bits per heavy atom. The molecule has 0 bridgehead atoms. The van der Waals surface area contributed by atoms with Gasteiger partial charge in [0.05, 0.1) is 6.10 Å². The molecule has 7 heavy (non-hydrogen) atoms. The van der Waals surface area contributed by atoms with Crippen molar-refractivity contribution >= 4 is 0 Å². The van der Waals surface area contributed by atoms with E-state index in [1.54, 1.807) is 0 Å². The first kappa shape index (κ1) is 6.92. The average Bonchev–Trinajstić information content (AvgIpc) is 1.68. The van der Waals surface area contributed by atoms with E-state index in [9.17, 15) is 5.11 Å². The smallest absolute Gasteiger partial charge is 0.0939 e. The molecule has 0 aliphatic rings. The third-order valence-corrected chi connectivity index (χ3v) is 0.944. The maximum Gasteiger partial charge on any atom is 0.0939 e. The van der Waals surface area contributed by atoms with Crippen molar-refractivity contribution in [3.05, 3.63) is 0 Å². The molecule has 0 aromatic carbocycles. The van der Waals surface area contributed by atoms with Gasteiger partial charge in [-0.2, -0.15) is 0 Å². The van der Waals surface area contributed by atoms with Crippen LogP contribution in [0.2, 0.25) is 0 Å². The number of hydrogen-bond acceptors (Lipinski definition) is 1. The molecule has 0 rings (SSSR count). The Kier molecular flexibility index (Phi) is 4.04. The lowest BCUT2D eigenvalue weighted by atomic mass is 10.2. The van der Waals surface area contributed by atoms with Crippen LogP contribution in [0.25, 0.3) is 0 Å². The molecule has 0 saturated heterocycles. The Bertz CT molecular complexity index is 39.1. The van der Waals surface area contributed by atoms with Gasteiger partial charge < -0.3 is 5.73 Å². The second-order valence-corrected chi connectivity index (χ2v) is 1.61. The van der Waals surface area contributed by atoms with E-state index in [0.29, 0.717) is 19.4 Å². The number of hydrogen-bond donors (Lipinski definition) is 1. The molecule has 0 aliphatic heterocycles. The molecule has 2 heteroatoms. The monoisotopic (exact) mass is 102 g/mol. The third-order valence-electron chi connectivity index (χ3n) is 0.944. The molecular formula is C5H12NO. The summed E-state index contributed by atoms with van der Waals surface area (Å²) in [5.41, 5.74) is 5.11. The van der Waals surface area contributed by atoms with Gasteiger partial charge in [-0.1, -0.05) is 6.92 Å². The van der Waals surface area contributed by atoms with E-state index in [-0.39, 0.29) is 0 Å². The van der Waals surface area contributed by atoms with Gasteiger partial charge in [-0.15, -0.1) is 0 Å². The van der Waals surface area contributed by atoms with E-state index in [1.165, 1.54) is 0 Å². The van der Waals surface area contributed by atoms with Crippen LogP contribution in [0.15, 0.2) is 0 Å². The summed E-state index contributed by atoms with van der Waals surface area (Å²) in [5, 5.41) is 10.4. The highest BCUT2D eigenvalue weighted by molar-refractivity contribution is 4.49. The van der Waals surface area contributed by atoms with Crippen LogP contribution in [-0.4, -0.2) is 12.6 Å². The fraction of sp³-hybridized carbons (Fsp3) is 1.00. The largest absolute Gasteiger partial charge is 0.330 e. The summed E-state index contributed by atoms with van der Waals surface area (Å²) < 4.78 is 0. The molecule has 1 atom stereocenters. The van der Waals surface area contributed by atoms with Gasteiger partial charge in [0.15, 0.2) is 0 Å². The Morgan fingerprint density at radius 3 is 2.43 bits per heavy atom. The molecule has 0 aromatic rings. The zero-order valence-electron chi connectivity index (χ0n) is 4.68. The van der Waals surface area contributed by atoms with E-state index in [1.807, 2.05) is 6.92 Å². The Hall–Kier alpha value is -0.0800. The average molecular weight is 102 g/mol. The van der Waals surface area contributed by atoms with E-state index < -0.39 is 6.10 Å². The van der Waals surface area contributed by atoms with Gasteiger partial charge in [0.1, 0.15) is 0 Å². The summed E-state index contributed by atoms with van der Waals surface area (Å²) in [7, 11) is 0. The molecule has 1 unspecified atom stereocenters. The highest BCUT2D eigenvalue weighted by Gasteiger charge is 1.97. The lowest BCUT2D eigenvalue weighted by Gasteiger charge is -1.98. The predicted molar refractivity (Wildman–Crippen MR) is 28.4 cm³/mol. The summed E-state index contributed by atoms with van der Waals surface area (Å²) in [6.45, 7) is 2.41. The maximum absolute atomic E-state index is 10.4. The lowest BCUT2D eigenvalue weighted by molar-refractivity contribution is 0.0802. The van der Waals surface area contributed by atoms with Crippen molar-refractivity contribution < 1.29 is 5.11 Å². The lowest BCUT2D eigenvalue weighted by Crippen LogP contribution is -2.10. The molecule has 0 spiro atoms. The van der Waals surface area contributed by atoms with Crippen LogP contribution in [0, 0.1) is 0 Å². The molecule has 1 radical (unpaired) electrons. The fourth-order valence-corrected chi connectivity index (χ4v) is 0.390. The van der Waals surface area contributed by atoms with E-state index in [2.05, 4.69) is 0 Å². The molecule has 0 aliphatic carbocycles. The molecule has 0 amide bonds.